The predicted molar refractivity (Wildman–Crippen MR) is 109 cm³/mol. The van der Waals surface area contributed by atoms with Crippen molar-refractivity contribution in [1.82, 2.24) is 19.6 Å². The molecule has 1 aromatic carbocycles. The summed E-state index contributed by atoms with van der Waals surface area (Å²) in [7, 11) is 0. The molecule has 0 radical (unpaired) electrons. The van der Waals surface area contributed by atoms with Gasteiger partial charge in [0.25, 0.3) is 0 Å². The monoisotopic (exact) mass is 414 g/mol. The Morgan fingerprint density at radius 2 is 1.83 bits per heavy atom. The topological polar surface area (TPSA) is 103 Å². The summed E-state index contributed by atoms with van der Waals surface area (Å²) in [6.45, 7) is 7.06. The van der Waals surface area contributed by atoms with Crippen LogP contribution < -0.4 is 10.6 Å². The van der Waals surface area contributed by atoms with Crippen LogP contribution in [0, 0.1) is 12.7 Å². The van der Waals surface area contributed by atoms with E-state index in [1.54, 1.807) is 58.2 Å². The number of carbonyl (C=O) groups excluding carboxylic acids is 2. The van der Waals surface area contributed by atoms with Gasteiger partial charge in [-0.15, -0.1) is 5.10 Å². The maximum absolute atomic E-state index is 13.4. The van der Waals surface area contributed by atoms with Crippen LogP contribution in [0.5, 0.6) is 0 Å². The minimum atomic E-state index is -0.585. The number of nitrogens with zero attached hydrogens (tertiary/aromatic N) is 4. The van der Waals surface area contributed by atoms with Gasteiger partial charge in [0.1, 0.15) is 18.0 Å². The van der Waals surface area contributed by atoms with Crippen LogP contribution in [-0.2, 0) is 16.1 Å². The van der Waals surface area contributed by atoms with Gasteiger partial charge in [-0.2, -0.15) is 5.10 Å². The van der Waals surface area contributed by atoms with E-state index in [2.05, 4.69) is 20.8 Å². The highest BCUT2D eigenvalue weighted by Gasteiger charge is 2.17. The molecule has 158 valence electrons. The fourth-order valence-corrected chi connectivity index (χ4v) is 2.69. The number of ether oxygens (including phenoxy) is 1. The molecule has 2 heterocycles. The van der Waals surface area contributed by atoms with Crippen LogP contribution in [0.25, 0.3) is 5.69 Å². The van der Waals surface area contributed by atoms with Gasteiger partial charge in [0.15, 0.2) is 11.6 Å². The van der Waals surface area contributed by atoms with Crippen molar-refractivity contribution in [3.63, 3.8) is 0 Å². The molecule has 2 aromatic heterocycles. The van der Waals surface area contributed by atoms with Gasteiger partial charge >= 0.3 is 12.0 Å². The van der Waals surface area contributed by atoms with Gasteiger partial charge in [-0.25, -0.2) is 13.9 Å². The van der Waals surface area contributed by atoms with Crippen LogP contribution in [0.15, 0.2) is 42.6 Å². The molecule has 2 amide bonds. The van der Waals surface area contributed by atoms with Crippen molar-refractivity contribution in [3.8, 4) is 5.69 Å². The van der Waals surface area contributed by atoms with E-state index in [0.717, 1.165) is 5.69 Å². The number of hydrogen-bond donors (Lipinski definition) is 2. The second-order valence-corrected chi connectivity index (χ2v) is 7.63. The Balaban J connectivity index is 1.60. The van der Waals surface area contributed by atoms with Gasteiger partial charge in [0, 0.05) is 24.0 Å². The van der Waals surface area contributed by atoms with Gasteiger partial charge in [-0.3, -0.25) is 20.1 Å². The first-order valence-electron chi connectivity index (χ1n) is 9.25. The summed E-state index contributed by atoms with van der Waals surface area (Å²) >= 11 is 0. The van der Waals surface area contributed by atoms with Gasteiger partial charge in [0.05, 0.1) is 5.69 Å². The number of urea groups is 1. The molecular formula is C20H23FN6O3. The van der Waals surface area contributed by atoms with E-state index in [1.807, 2.05) is 0 Å². The molecule has 0 aliphatic carbocycles. The Kier molecular flexibility index (Phi) is 5.86. The first-order valence-corrected chi connectivity index (χ1v) is 9.25. The molecule has 3 rings (SSSR count). The van der Waals surface area contributed by atoms with E-state index in [0.29, 0.717) is 11.5 Å². The molecule has 0 aliphatic rings. The fraction of sp³-hybridized carbons (Fsp3) is 0.300. The van der Waals surface area contributed by atoms with Crippen molar-refractivity contribution in [1.29, 1.82) is 0 Å². The molecule has 0 saturated heterocycles. The van der Waals surface area contributed by atoms with Crippen LogP contribution in [0.3, 0.4) is 0 Å². The van der Waals surface area contributed by atoms with E-state index in [9.17, 15) is 14.0 Å². The molecule has 0 unspecified atom stereocenters. The number of benzene rings is 1. The molecule has 10 heteroatoms. The van der Waals surface area contributed by atoms with Crippen LogP contribution in [0.4, 0.5) is 20.8 Å². The highest BCUT2D eigenvalue weighted by molar-refractivity contribution is 5.98. The largest absolute Gasteiger partial charge is 0.459 e. The lowest BCUT2D eigenvalue weighted by molar-refractivity contribution is -0.155. The molecule has 0 saturated carbocycles. The number of amides is 2. The van der Waals surface area contributed by atoms with Crippen LogP contribution in [0.2, 0.25) is 0 Å². The molecule has 30 heavy (non-hydrogen) atoms. The quantitative estimate of drug-likeness (QED) is 0.622. The van der Waals surface area contributed by atoms with Crippen molar-refractivity contribution in [3.05, 3.63) is 54.1 Å². The summed E-state index contributed by atoms with van der Waals surface area (Å²) in [6, 6.07) is 8.65. The first-order chi connectivity index (χ1) is 14.1. The lowest BCUT2D eigenvalue weighted by Crippen LogP contribution is -2.26. The maximum atomic E-state index is 13.4. The van der Waals surface area contributed by atoms with Crippen molar-refractivity contribution in [2.45, 2.75) is 39.8 Å². The van der Waals surface area contributed by atoms with E-state index in [4.69, 9.17) is 4.74 Å². The third-order valence-corrected chi connectivity index (χ3v) is 3.78. The molecule has 2 N–H and O–H groups in total. The van der Waals surface area contributed by atoms with Crippen LogP contribution in [-0.4, -0.2) is 37.2 Å². The number of aryl methyl sites for hydroxylation is 1. The average molecular weight is 414 g/mol. The number of carbonyl (C=O) groups is 2. The summed E-state index contributed by atoms with van der Waals surface area (Å²) < 4.78 is 21.6. The zero-order chi connectivity index (χ0) is 21.9. The standard InChI is InChI=1S/C20H23FN6O3/c1-13-10-17(25-27(13)15-7-5-6-14(21)11-15)23-19(29)22-16-8-9-26(24-16)12-18(28)30-20(2,3)4/h5-11H,12H2,1-4H3,(H2,22,23,24,25,29). The van der Waals surface area contributed by atoms with E-state index >= 15 is 0 Å². The van der Waals surface area contributed by atoms with Gasteiger partial charge in [-0.05, 0) is 45.9 Å². The molecule has 9 nitrogen and oxygen atoms in total. The number of esters is 1. The van der Waals surface area contributed by atoms with E-state index in [-0.39, 0.29) is 18.2 Å². The fourth-order valence-electron chi connectivity index (χ4n) is 2.69. The Hall–Kier alpha value is -3.69. The summed E-state index contributed by atoms with van der Waals surface area (Å²) in [4.78, 5) is 24.1. The summed E-state index contributed by atoms with van der Waals surface area (Å²) in [5.41, 5.74) is 0.678. The van der Waals surface area contributed by atoms with Crippen molar-refractivity contribution < 1.29 is 18.7 Å². The van der Waals surface area contributed by atoms with Crippen molar-refractivity contribution in [2.24, 2.45) is 0 Å². The zero-order valence-electron chi connectivity index (χ0n) is 17.1. The lowest BCUT2D eigenvalue weighted by Gasteiger charge is -2.19. The molecule has 0 bridgehead atoms. The van der Waals surface area contributed by atoms with Gasteiger partial charge in [-0.1, -0.05) is 6.07 Å². The van der Waals surface area contributed by atoms with Gasteiger partial charge < -0.3 is 4.74 Å². The average Bonchev–Trinajstić information content (AvgIpc) is 3.19. The molecule has 0 atom stereocenters. The Labute approximate surface area is 172 Å². The Morgan fingerprint density at radius 3 is 2.53 bits per heavy atom. The number of aromatic nitrogens is 4. The number of hydrogen-bond acceptors (Lipinski definition) is 5. The third kappa shape index (κ3) is 5.66. The van der Waals surface area contributed by atoms with Crippen molar-refractivity contribution in [2.75, 3.05) is 10.6 Å². The minimum absolute atomic E-state index is 0.0716. The number of anilines is 2. The van der Waals surface area contributed by atoms with Crippen molar-refractivity contribution >= 4 is 23.6 Å². The van der Waals surface area contributed by atoms with Crippen LogP contribution >= 0.6 is 0 Å². The summed E-state index contributed by atoms with van der Waals surface area (Å²) in [5, 5.41) is 13.6. The SMILES string of the molecule is Cc1cc(NC(=O)Nc2ccn(CC(=O)OC(C)(C)C)n2)nn1-c1cccc(F)c1. The Morgan fingerprint density at radius 1 is 1.10 bits per heavy atom. The zero-order valence-corrected chi connectivity index (χ0v) is 17.1. The molecule has 3 aromatic rings. The third-order valence-electron chi connectivity index (χ3n) is 3.78. The number of rotatable bonds is 5. The van der Waals surface area contributed by atoms with E-state index < -0.39 is 17.6 Å². The Bertz CT molecular complexity index is 1070. The molecule has 0 fully saturated rings. The minimum Gasteiger partial charge on any atom is -0.459 e. The lowest BCUT2D eigenvalue weighted by atomic mass is 10.2. The summed E-state index contributed by atoms with van der Waals surface area (Å²) in [6.07, 6.45) is 1.56. The normalized spacial score (nSPS) is 11.2. The first kappa shape index (κ1) is 21.0. The highest BCUT2D eigenvalue weighted by atomic mass is 19.1. The maximum Gasteiger partial charge on any atom is 0.328 e. The second kappa shape index (κ2) is 8.36. The van der Waals surface area contributed by atoms with Gasteiger partial charge in [0.2, 0.25) is 0 Å². The predicted octanol–water partition coefficient (Wildman–Crippen LogP) is 3.50. The highest BCUT2D eigenvalue weighted by Crippen LogP contribution is 2.16. The summed E-state index contributed by atoms with van der Waals surface area (Å²) in [5.74, 6) is -0.253. The second-order valence-electron chi connectivity index (χ2n) is 7.63. The number of nitrogens with one attached hydrogen (secondary N) is 2. The molecular weight excluding hydrogens is 391 g/mol. The number of halogens is 1. The molecule has 0 aliphatic heterocycles. The van der Waals surface area contributed by atoms with Crippen LogP contribution in [0.1, 0.15) is 26.5 Å². The van der Waals surface area contributed by atoms with E-state index in [1.165, 1.54) is 21.5 Å². The molecule has 0 spiro atoms. The smallest absolute Gasteiger partial charge is 0.328 e.